The summed E-state index contributed by atoms with van der Waals surface area (Å²) in [5, 5.41) is 14.7. The Morgan fingerprint density at radius 3 is 2.62 bits per heavy atom. The number of benzene rings is 1. The lowest BCUT2D eigenvalue weighted by Gasteiger charge is -2.21. The standard InChI is InChI=1S/C24H27F3N4O3/c1-13(2)8-15(23(34)30-16(12-28)9-14-6-7-29-22(14)33)10-21(32)20-11-17-18(24(25,26)27)4-3-5-19(17)31-20/h3-5,11,13-16,31H,6-10H2,1-2H3,(H,29,33)(H,30,34)/t14-,15+,16-/m0/s1. The zero-order valence-electron chi connectivity index (χ0n) is 19.0. The molecule has 3 rings (SSSR count). The zero-order valence-corrected chi connectivity index (χ0v) is 19.0. The Morgan fingerprint density at radius 2 is 2.03 bits per heavy atom. The maximum absolute atomic E-state index is 13.3. The number of H-pyrrole nitrogens is 1. The van der Waals surface area contributed by atoms with Gasteiger partial charge < -0.3 is 15.6 Å². The van der Waals surface area contributed by atoms with Crippen LogP contribution in [0, 0.1) is 29.1 Å². The molecule has 0 aliphatic carbocycles. The number of hydrogen-bond acceptors (Lipinski definition) is 4. The number of aromatic nitrogens is 1. The normalized spacial score (nSPS) is 17.9. The molecule has 3 N–H and O–H groups in total. The van der Waals surface area contributed by atoms with E-state index in [2.05, 4.69) is 15.6 Å². The van der Waals surface area contributed by atoms with E-state index in [9.17, 15) is 32.8 Å². The molecule has 1 saturated heterocycles. The van der Waals surface area contributed by atoms with E-state index in [0.717, 1.165) is 6.07 Å². The van der Waals surface area contributed by atoms with Crippen molar-refractivity contribution in [1.29, 1.82) is 5.26 Å². The van der Waals surface area contributed by atoms with Gasteiger partial charge in [0.1, 0.15) is 6.04 Å². The molecule has 0 radical (unpaired) electrons. The van der Waals surface area contributed by atoms with Gasteiger partial charge in [0, 0.05) is 35.7 Å². The predicted octanol–water partition coefficient (Wildman–Crippen LogP) is 3.96. The van der Waals surface area contributed by atoms with Crippen LogP contribution in [0.4, 0.5) is 13.2 Å². The highest BCUT2D eigenvalue weighted by Crippen LogP contribution is 2.35. The summed E-state index contributed by atoms with van der Waals surface area (Å²) < 4.78 is 39.9. The predicted molar refractivity (Wildman–Crippen MR) is 118 cm³/mol. The van der Waals surface area contributed by atoms with E-state index >= 15 is 0 Å². The lowest BCUT2D eigenvalue weighted by molar-refractivity contribution is -0.136. The van der Waals surface area contributed by atoms with Crippen LogP contribution in [0.3, 0.4) is 0 Å². The molecule has 7 nitrogen and oxygen atoms in total. The molecule has 2 aromatic rings. The highest BCUT2D eigenvalue weighted by molar-refractivity contribution is 6.02. The number of fused-ring (bicyclic) bond motifs is 1. The number of ketones is 1. The van der Waals surface area contributed by atoms with Gasteiger partial charge in [0.05, 0.1) is 17.3 Å². The van der Waals surface area contributed by atoms with Crippen LogP contribution >= 0.6 is 0 Å². The first kappa shape index (κ1) is 25.3. The molecule has 3 atom stereocenters. The van der Waals surface area contributed by atoms with Gasteiger partial charge >= 0.3 is 6.18 Å². The fourth-order valence-electron chi connectivity index (χ4n) is 4.33. The Hall–Kier alpha value is -3.35. The summed E-state index contributed by atoms with van der Waals surface area (Å²) in [6, 6.07) is 5.96. The third-order valence-electron chi connectivity index (χ3n) is 5.98. The third-order valence-corrected chi connectivity index (χ3v) is 5.98. The number of nitrogens with one attached hydrogen (secondary N) is 3. The molecule has 0 unspecified atom stereocenters. The van der Waals surface area contributed by atoms with Crippen molar-refractivity contribution in [3.63, 3.8) is 0 Å². The van der Waals surface area contributed by atoms with Crippen LogP contribution < -0.4 is 10.6 Å². The Balaban J connectivity index is 1.75. The van der Waals surface area contributed by atoms with Crippen LogP contribution in [0.25, 0.3) is 10.9 Å². The summed E-state index contributed by atoms with van der Waals surface area (Å²) in [6.45, 7) is 4.29. The molecule has 1 aromatic heterocycles. The SMILES string of the molecule is CC(C)C[C@H](CC(=O)c1cc2c(C(F)(F)F)cccc2[nH]1)C(=O)N[C@H](C#N)C[C@@H]1CCNC1=O. The minimum atomic E-state index is -4.56. The van der Waals surface area contributed by atoms with Gasteiger partial charge in [-0.1, -0.05) is 19.9 Å². The summed E-state index contributed by atoms with van der Waals surface area (Å²) in [4.78, 5) is 40.4. The van der Waals surface area contributed by atoms with Crippen LogP contribution in [0.1, 0.15) is 55.6 Å². The van der Waals surface area contributed by atoms with Gasteiger partial charge in [0.25, 0.3) is 0 Å². The molecule has 34 heavy (non-hydrogen) atoms. The third kappa shape index (κ3) is 5.95. The van der Waals surface area contributed by atoms with E-state index in [0.29, 0.717) is 19.4 Å². The lowest BCUT2D eigenvalue weighted by atomic mass is 9.90. The number of nitrogens with zero attached hydrogens (tertiary/aromatic N) is 1. The van der Waals surface area contributed by atoms with Gasteiger partial charge in [0.2, 0.25) is 11.8 Å². The number of halogens is 3. The van der Waals surface area contributed by atoms with Crippen LogP contribution in [-0.4, -0.2) is 35.2 Å². The minimum absolute atomic E-state index is 0.00674. The van der Waals surface area contributed by atoms with Crippen LogP contribution in [-0.2, 0) is 15.8 Å². The fourth-order valence-corrected chi connectivity index (χ4v) is 4.33. The molecule has 10 heteroatoms. The number of Topliss-reactive ketones (excluding diaryl/α,β-unsaturated/α-hetero) is 1. The van der Waals surface area contributed by atoms with Crippen molar-refractivity contribution in [2.45, 2.75) is 51.7 Å². The van der Waals surface area contributed by atoms with E-state index in [1.807, 2.05) is 19.9 Å². The topological polar surface area (TPSA) is 115 Å². The van der Waals surface area contributed by atoms with E-state index in [1.54, 1.807) is 0 Å². The minimum Gasteiger partial charge on any atom is -0.356 e. The Bertz CT molecular complexity index is 1120. The van der Waals surface area contributed by atoms with Crippen LogP contribution in [0.15, 0.2) is 24.3 Å². The van der Waals surface area contributed by atoms with E-state index in [1.165, 1.54) is 18.2 Å². The van der Waals surface area contributed by atoms with Gasteiger partial charge in [-0.05, 0) is 43.4 Å². The van der Waals surface area contributed by atoms with Crippen molar-refractivity contribution in [3.8, 4) is 6.07 Å². The van der Waals surface area contributed by atoms with Crippen molar-refractivity contribution in [2.24, 2.45) is 17.8 Å². The zero-order chi connectivity index (χ0) is 25.0. The van der Waals surface area contributed by atoms with Gasteiger partial charge in [-0.3, -0.25) is 14.4 Å². The smallest absolute Gasteiger partial charge is 0.356 e. The van der Waals surface area contributed by atoms with Crippen LogP contribution in [0.5, 0.6) is 0 Å². The molecule has 1 aliphatic rings. The number of alkyl halides is 3. The molecule has 0 bridgehead atoms. The molecule has 1 aliphatic heterocycles. The van der Waals surface area contributed by atoms with E-state index in [4.69, 9.17) is 0 Å². The number of hydrogen-bond donors (Lipinski definition) is 3. The molecule has 1 aromatic carbocycles. The first-order valence-electron chi connectivity index (χ1n) is 11.2. The number of carbonyl (C=O) groups is 3. The summed E-state index contributed by atoms with van der Waals surface area (Å²) in [5.41, 5.74) is -0.667. The van der Waals surface area contributed by atoms with Crippen molar-refractivity contribution in [2.75, 3.05) is 6.54 Å². The summed E-state index contributed by atoms with van der Waals surface area (Å²) >= 11 is 0. The maximum atomic E-state index is 13.3. The fraction of sp³-hybridized carbons (Fsp3) is 0.500. The molecule has 182 valence electrons. The molecule has 0 saturated carbocycles. The van der Waals surface area contributed by atoms with E-state index < -0.39 is 35.4 Å². The Morgan fingerprint density at radius 1 is 1.29 bits per heavy atom. The molecular weight excluding hydrogens is 449 g/mol. The summed E-state index contributed by atoms with van der Waals surface area (Å²) in [5.74, 6) is -2.20. The highest BCUT2D eigenvalue weighted by atomic mass is 19.4. The molecule has 1 fully saturated rings. The van der Waals surface area contributed by atoms with Crippen LogP contribution in [0.2, 0.25) is 0 Å². The number of nitriles is 1. The second-order valence-electron chi connectivity index (χ2n) is 9.10. The van der Waals surface area contributed by atoms with Gasteiger partial charge in [-0.25, -0.2) is 0 Å². The summed E-state index contributed by atoms with van der Waals surface area (Å²) in [7, 11) is 0. The molecule has 2 heterocycles. The quantitative estimate of drug-likeness (QED) is 0.475. The first-order valence-corrected chi connectivity index (χ1v) is 11.2. The second-order valence-corrected chi connectivity index (χ2v) is 9.10. The van der Waals surface area contributed by atoms with Crippen molar-refractivity contribution < 1.29 is 27.6 Å². The van der Waals surface area contributed by atoms with Gasteiger partial charge in [-0.15, -0.1) is 0 Å². The largest absolute Gasteiger partial charge is 0.417 e. The number of rotatable bonds is 9. The molecule has 2 amide bonds. The maximum Gasteiger partial charge on any atom is 0.417 e. The number of aromatic amines is 1. The van der Waals surface area contributed by atoms with E-state index in [-0.39, 0.29) is 47.2 Å². The summed E-state index contributed by atoms with van der Waals surface area (Å²) in [6.07, 6.45) is -3.67. The highest BCUT2D eigenvalue weighted by Gasteiger charge is 2.34. The number of amides is 2. The molecular formula is C24H27F3N4O3. The Labute approximate surface area is 195 Å². The lowest BCUT2D eigenvalue weighted by Crippen LogP contribution is -2.41. The van der Waals surface area contributed by atoms with Gasteiger partial charge in [0.15, 0.2) is 5.78 Å². The average Bonchev–Trinajstić information content (AvgIpc) is 3.37. The Kier molecular flexibility index (Phi) is 7.64. The van der Waals surface area contributed by atoms with Crippen molar-refractivity contribution >= 4 is 28.5 Å². The monoisotopic (exact) mass is 476 g/mol. The molecule has 0 spiro atoms. The van der Waals surface area contributed by atoms with Crippen molar-refractivity contribution in [1.82, 2.24) is 15.6 Å². The second kappa shape index (κ2) is 10.3. The number of carbonyl (C=O) groups excluding carboxylic acids is 3. The first-order chi connectivity index (χ1) is 16.0. The van der Waals surface area contributed by atoms with Crippen molar-refractivity contribution in [3.05, 3.63) is 35.5 Å². The van der Waals surface area contributed by atoms with Gasteiger partial charge in [-0.2, -0.15) is 18.4 Å². The average molecular weight is 476 g/mol.